The zero-order valence-corrected chi connectivity index (χ0v) is 16.4. The highest BCUT2D eigenvalue weighted by atomic mass is 16.5. The van der Waals surface area contributed by atoms with Crippen molar-refractivity contribution in [2.75, 3.05) is 6.54 Å². The van der Waals surface area contributed by atoms with Gasteiger partial charge >= 0.3 is 0 Å². The summed E-state index contributed by atoms with van der Waals surface area (Å²) in [5.41, 5.74) is 3.41. The Hall–Kier alpha value is -3.81. The molecule has 0 saturated carbocycles. The Bertz CT molecular complexity index is 1270. The molecule has 1 N–H and O–H groups in total. The third-order valence-corrected chi connectivity index (χ3v) is 5.29. The largest absolute Gasteiger partial charge is 0.334 e. The molecule has 8 nitrogen and oxygen atoms in total. The number of unbranched alkanes of at least 4 members (excludes halogenated alkanes) is 1. The van der Waals surface area contributed by atoms with Crippen LogP contribution in [0.4, 0.5) is 0 Å². The summed E-state index contributed by atoms with van der Waals surface area (Å²) in [6, 6.07) is 11.0. The average Bonchev–Trinajstić information content (AvgIpc) is 3.46. The summed E-state index contributed by atoms with van der Waals surface area (Å²) >= 11 is 0. The number of imide groups is 1. The molecule has 0 spiro atoms. The third-order valence-electron chi connectivity index (χ3n) is 5.29. The minimum absolute atomic E-state index is 0.240. The third kappa shape index (κ3) is 3.06. The van der Waals surface area contributed by atoms with Crippen molar-refractivity contribution in [3.05, 3.63) is 65.1 Å². The SMILES string of the molecule is CCCCN1C(=O)c2ccc(-c3nc(Cc4ccc5cn[nH]c5c4)no3)cc2C1=O. The molecule has 150 valence electrons. The first-order valence-corrected chi connectivity index (χ1v) is 9.89. The van der Waals surface area contributed by atoms with Crippen molar-refractivity contribution in [3.8, 4) is 11.5 Å². The van der Waals surface area contributed by atoms with Crippen LogP contribution in [0.1, 0.15) is 51.9 Å². The van der Waals surface area contributed by atoms with Crippen molar-refractivity contribution >= 4 is 22.7 Å². The van der Waals surface area contributed by atoms with Gasteiger partial charge in [-0.3, -0.25) is 19.6 Å². The van der Waals surface area contributed by atoms with Crippen LogP contribution in [0.2, 0.25) is 0 Å². The van der Waals surface area contributed by atoms with Gasteiger partial charge in [-0.05, 0) is 36.2 Å². The van der Waals surface area contributed by atoms with Crippen LogP contribution >= 0.6 is 0 Å². The summed E-state index contributed by atoms with van der Waals surface area (Å²) in [4.78, 5) is 30.9. The van der Waals surface area contributed by atoms with Gasteiger partial charge in [0.15, 0.2) is 5.82 Å². The van der Waals surface area contributed by atoms with E-state index in [0.29, 0.717) is 41.4 Å². The minimum atomic E-state index is -0.266. The van der Waals surface area contributed by atoms with Crippen LogP contribution in [0.5, 0.6) is 0 Å². The summed E-state index contributed by atoms with van der Waals surface area (Å²) in [7, 11) is 0. The maximum absolute atomic E-state index is 12.7. The first kappa shape index (κ1) is 18.2. The van der Waals surface area contributed by atoms with Crippen molar-refractivity contribution < 1.29 is 14.1 Å². The van der Waals surface area contributed by atoms with Crippen molar-refractivity contribution in [3.63, 3.8) is 0 Å². The number of nitrogens with zero attached hydrogens (tertiary/aromatic N) is 4. The Morgan fingerprint density at radius 2 is 1.93 bits per heavy atom. The topological polar surface area (TPSA) is 105 Å². The van der Waals surface area contributed by atoms with Gasteiger partial charge in [-0.25, -0.2) is 0 Å². The normalized spacial score (nSPS) is 13.4. The summed E-state index contributed by atoms with van der Waals surface area (Å²) in [5, 5.41) is 12.1. The lowest BCUT2D eigenvalue weighted by molar-refractivity contribution is 0.0652. The quantitative estimate of drug-likeness (QED) is 0.495. The van der Waals surface area contributed by atoms with Crippen molar-refractivity contribution in [1.82, 2.24) is 25.2 Å². The van der Waals surface area contributed by atoms with E-state index in [0.717, 1.165) is 29.3 Å². The van der Waals surface area contributed by atoms with Gasteiger partial charge in [-0.1, -0.05) is 30.6 Å². The number of nitrogens with one attached hydrogen (secondary N) is 1. The molecule has 0 fully saturated rings. The summed E-state index contributed by atoms with van der Waals surface area (Å²) < 4.78 is 5.42. The van der Waals surface area contributed by atoms with Crippen LogP contribution in [0.15, 0.2) is 47.1 Å². The van der Waals surface area contributed by atoms with Gasteiger partial charge in [0.1, 0.15) is 0 Å². The number of benzene rings is 2. The highest BCUT2D eigenvalue weighted by Crippen LogP contribution is 2.28. The average molecular weight is 401 g/mol. The Morgan fingerprint density at radius 1 is 1.07 bits per heavy atom. The molecule has 0 radical (unpaired) electrons. The monoisotopic (exact) mass is 401 g/mol. The highest BCUT2D eigenvalue weighted by molar-refractivity contribution is 6.21. The second-order valence-electron chi connectivity index (χ2n) is 7.36. The Labute approximate surface area is 171 Å². The molecule has 30 heavy (non-hydrogen) atoms. The van der Waals surface area contributed by atoms with E-state index in [1.54, 1.807) is 24.4 Å². The lowest BCUT2D eigenvalue weighted by atomic mass is 10.1. The highest BCUT2D eigenvalue weighted by Gasteiger charge is 2.35. The van der Waals surface area contributed by atoms with Crippen LogP contribution in [0.25, 0.3) is 22.4 Å². The number of carbonyl (C=O) groups excluding carboxylic acids is 2. The van der Waals surface area contributed by atoms with E-state index < -0.39 is 0 Å². The number of aromatic nitrogens is 4. The summed E-state index contributed by atoms with van der Waals surface area (Å²) in [6.07, 6.45) is 3.98. The summed E-state index contributed by atoms with van der Waals surface area (Å²) in [6.45, 7) is 2.46. The standard InChI is InChI=1S/C22H19N5O3/c1-2-3-8-27-21(28)16-7-6-14(11-17(16)22(27)29)20-24-19(26-30-20)10-13-4-5-15-12-23-25-18(15)9-13/h4-7,9,11-12H,2-3,8,10H2,1H3,(H,23,25). The number of aromatic amines is 1. The molecule has 0 aliphatic carbocycles. The predicted molar refractivity (Wildman–Crippen MR) is 109 cm³/mol. The van der Waals surface area contributed by atoms with Gasteiger partial charge in [0.05, 0.1) is 22.8 Å². The first-order valence-electron chi connectivity index (χ1n) is 9.89. The molecule has 0 unspecified atom stereocenters. The number of hydrogen-bond acceptors (Lipinski definition) is 6. The Balaban J connectivity index is 1.39. The van der Waals surface area contributed by atoms with Gasteiger partial charge in [0, 0.05) is 23.9 Å². The van der Waals surface area contributed by atoms with E-state index in [4.69, 9.17) is 4.52 Å². The number of hydrogen-bond donors (Lipinski definition) is 1. The van der Waals surface area contributed by atoms with Crippen LogP contribution < -0.4 is 0 Å². The zero-order valence-electron chi connectivity index (χ0n) is 16.4. The number of carbonyl (C=O) groups is 2. The fraction of sp³-hybridized carbons (Fsp3) is 0.227. The second-order valence-corrected chi connectivity index (χ2v) is 7.36. The van der Waals surface area contributed by atoms with Crippen molar-refractivity contribution in [1.29, 1.82) is 0 Å². The van der Waals surface area contributed by atoms with E-state index in [-0.39, 0.29) is 11.8 Å². The van der Waals surface area contributed by atoms with Gasteiger partial charge in [-0.15, -0.1) is 0 Å². The molecule has 8 heteroatoms. The zero-order chi connectivity index (χ0) is 20.7. The molecular weight excluding hydrogens is 382 g/mol. The predicted octanol–water partition coefficient (Wildman–Crippen LogP) is 3.60. The molecule has 0 atom stereocenters. The lowest BCUT2D eigenvalue weighted by Gasteiger charge is -2.12. The number of H-pyrrole nitrogens is 1. The summed E-state index contributed by atoms with van der Waals surface area (Å²) in [5.74, 6) is 0.354. The van der Waals surface area contributed by atoms with Gasteiger partial charge in [-0.2, -0.15) is 10.1 Å². The van der Waals surface area contributed by atoms with Crippen LogP contribution in [0.3, 0.4) is 0 Å². The van der Waals surface area contributed by atoms with Crippen LogP contribution in [-0.4, -0.2) is 43.6 Å². The Kier molecular flexibility index (Phi) is 4.39. The maximum atomic E-state index is 12.7. The molecule has 2 amide bonds. The fourth-order valence-electron chi connectivity index (χ4n) is 3.66. The van der Waals surface area contributed by atoms with Gasteiger partial charge in [0.2, 0.25) is 0 Å². The van der Waals surface area contributed by atoms with E-state index in [1.807, 2.05) is 25.1 Å². The van der Waals surface area contributed by atoms with Gasteiger partial charge < -0.3 is 4.52 Å². The molecule has 1 aliphatic rings. The molecule has 0 saturated heterocycles. The lowest BCUT2D eigenvalue weighted by Crippen LogP contribution is -2.30. The molecule has 1 aliphatic heterocycles. The van der Waals surface area contributed by atoms with E-state index >= 15 is 0 Å². The molecule has 3 heterocycles. The first-order chi connectivity index (χ1) is 14.6. The minimum Gasteiger partial charge on any atom is -0.334 e. The van der Waals surface area contributed by atoms with Crippen molar-refractivity contribution in [2.24, 2.45) is 0 Å². The fourth-order valence-corrected chi connectivity index (χ4v) is 3.66. The van der Waals surface area contributed by atoms with E-state index in [9.17, 15) is 9.59 Å². The molecule has 2 aromatic carbocycles. The molecule has 0 bridgehead atoms. The molecule has 2 aromatic heterocycles. The molecule has 4 aromatic rings. The number of rotatable bonds is 6. The maximum Gasteiger partial charge on any atom is 0.261 e. The van der Waals surface area contributed by atoms with Crippen molar-refractivity contribution in [2.45, 2.75) is 26.2 Å². The van der Waals surface area contributed by atoms with Crippen LogP contribution in [-0.2, 0) is 6.42 Å². The van der Waals surface area contributed by atoms with E-state index in [2.05, 4.69) is 20.3 Å². The Morgan fingerprint density at radius 3 is 2.80 bits per heavy atom. The molecular formula is C22H19N5O3. The number of amides is 2. The van der Waals surface area contributed by atoms with Gasteiger partial charge in [0.25, 0.3) is 17.7 Å². The van der Waals surface area contributed by atoms with E-state index in [1.165, 1.54) is 4.90 Å². The second kappa shape index (κ2) is 7.22. The smallest absolute Gasteiger partial charge is 0.261 e. The number of fused-ring (bicyclic) bond motifs is 2. The van der Waals surface area contributed by atoms with Crippen LogP contribution in [0, 0.1) is 0 Å². The molecule has 5 rings (SSSR count).